The van der Waals surface area contributed by atoms with Crippen LogP contribution in [0.5, 0.6) is 0 Å². The minimum Gasteiger partial charge on any atom is -0.462 e. The van der Waals surface area contributed by atoms with E-state index in [-0.39, 0.29) is 32.6 Å². The lowest BCUT2D eigenvalue weighted by atomic mass is 10.1. The van der Waals surface area contributed by atoms with Crippen molar-refractivity contribution in [1.29, 1.82) is 0 Å². The Labute approximate surface area is 346 Å². The minimum atomic E-state index is -4.39. The lowest BCUT2D eigenvalue weighted by Gasteiger charge is -2.19. The van der Waals surface area contributed by atoms with Crippen molar-refractivity contribution in [3.8, 4) is 0 Å². The summed E-state index contributed by atoms with van der Waals surface area (Å²) in [6.45, 7) is 3.44. The number of phosphoric ester groups is 1. The first-order valence-corrected chi connectivity index (χ1v) is 23.2. The maximum atomic E-state index is 12.6. The van der Waals surface area contributed by atoms with Gasteiger partial charge in [-0.3, -0.25) is 18.6 Å². The fraction of sp³-hybridized carbons (Fsp3) is 0.617. The molecule has 0 radical (unpaired) electrons. The van der Waals surface area contributed by atoms with Crippen LogP contribution in [0, 0.1) is 0 Å². The number of rotatable bonds is 39. The average Bonchev–Trinajstić information content (AvgIpc) is 3.20. The summed E-state index contributed by atoms with van der Waals surface area (Å²) in [5, 5.41) is 0. The number of carbonyl (C=O) groups excluding carboxylic acids is 2. The van der Waals surface area contributed by atoms with Crippen LogP contribution in [0.1, 0.15) is 155 Å². The molecule has 0 aliphatic heterocycles. The highest BCUT2D eigenvalue weighted by Crippen LogP contribution is 2.43. The molecule has 9 nitrogen and oxygen atoms in total. The smallest absolute Gasteiger partial charge is 0.462 e. The van der Waals surface area contributed by atoms with E-state index in [1.165, 1.54) is 0 Å². The van der Waals surface area contributed by atoms with Crippen LogP contribution in [0.3, 0.4) is 0 Å². The zero-order chi connectivity index (χ0) is 41.8. The van der Waals surface area contributed by atoms with Gasteiger partial charge in [0.05, 0.1) is 13.2 Å². The maximum Gasteiger partial charge on any atom is 0.472 e. The van der Waals surface area contributed by atoms with E-state index in [0.717, 1.165) is 116 Å². The molecule has 2 unspecified atom stereocenters. The Bertz CT molecular complexity index is 1250. The number of unbranched alkanes of at least 4 members (excludes halogenated alkanes) is 10. The van der Waals surface area contributed by atoms with Crippen molar-refractivity contribution < 1.29 is 37.6 Å². The molecule has 0 aromatic rings. The Morgan fingerprint density at radius 2 is 0.912 bits per heavy atom. The average molecular weight is 816 g/mol. The number of hydrogen-bond acceptors (Lipinski definition) is 8. The summed E-state index contributed by atoms with van der Waals surface area (Å²) < 4.78 is 32.8. The first kappa shape index (κ1) is 53.9. The number of allylic oxidation sites excluding steroid dienone is 16. The third kappa shape index (κ3) is 42.4. The highest BCUT2D eigenvalue weighted by molar-refractivity contribution is 7.47. The molecule has 0 fully saturated rings. The van der Waals surface area contributed by atoms with Crippen molar-refractivity contribution in [2.24, 2.45) is 5.73 Å². The fourth-order valence-electron chi connectivity index (χ4n) is 5.32. The Hall–Kier alpha value is -3.07. The van der Waals surface area contributed by atoms with E-state index in [0.29, 0.717) is 12.8 Å². The zero-order valence-corrected chi connectivity index (χ0v) is 36.4. The Morgan fingerprint density at radius 3 is 1.35 bits per heavy atom. The molecule has 0 bridgehead atoms. The molecule has 0 rings (SSSR count). The van der Waals surface area contributed by atoms with Gasteiger partial charge in [-0.2, -0.15) is 0 Å². The summed E-state index contributed by atoms with van der Waals surface area (Å²) in [5.41, 5.74) is 5.35. The van der Waals surface area contributed by atoms with E-state index >= 15 is 0 Å². The topological polar surface area (TPSA) is 134 Å². The largest absolute Gasteiger partial charge is 0.472 e. The van der Waals surface area contributed by atoms with Crippen molar-refractivity contribution in [1.82, 2.24) is 0 Å². The van der Waals surface area contributed by atoms with E-state index < -0.39 is 32.5 Å². The van der Waals surface area contributed by atoms with E-state index in [2.05, 4.69) is 111 Å². The molecule has 0 amide bonds. The number of esters is 2. The van der Waals surface area contributed by atoms with Crippen LogP contribution in [-0.2, 0) is 32.7 Å². The molecule has 3 N–H and O–H groups in total. The van der Waals surface area contributed by atoms with Crippen molar-refractivity contribution in [2.45, 2.75) is 161 Å². The van der Waals surface area contributed by atoms with Gasteiger partial charge in [0, 0.05) is 19.4 Å². The molecule has 0 aliphatic carbocycles. The number of hydrogen-bond donors (Lipinski definition) is 2. The molecule has 0 aromatic carbocycles. The summed E-state index contributed by atoms with van der Waals surface area (Å²) in [6, 6.07) is 0. The predicted molar refractivity (Wildman–Crippen MR) is 238 cm³/mol. The van der Waals surface area contributed by atoms with Crippen molar-refractivity contribution >= 4 is 19.8 Å². The predicted octanol–water partition coefficient (Wildman–Crippen LogP) is 12.6. The Balaban J connectivity index is 4.25. The molecule has 0 saturated carbocycles. The van der Waals surface area contributed by atoms with Gasteiger partial charge < -0.3 is 20.1 Å². The number of carbonyl (C=O) groups is 2. The second-order valence-corrected chi connectivity index (χ2v) is 15.2. The first-order valence-electron chi connectivity index (χ1n) is 21.7. The molecule has 2 atom stereocenters. The summed E-state index contributed by atoms with van der Waals surface area (Å²) in [4.78, 5) is 34.9. The molecule has 57 heavy (non-hydrogen) atoms. The number of nitrogens with two attached hydrogens (primary N) is 1. The lowest BCUT2D eigenvalue weighted by molar-refractivity contribution is -0.161. The van der Waals surface area contributed by atoms with Gasteiger partial charge in [-0.15, -0.1) is 0 Å². The van der Waals surface area contributed by atoms with Crippen molar-refractivity contribution in [3.63, 3.8) is 0 Å². The quantitative estimate of drug-likeness (QED) is 0.0269. The molecule has 0 spiro atoms. The van der Waals surface area contributed by atoms with Crippen LogP contribution in [0.4, 0.5) is 0 Å². The maximum absolute atomic E-state index is 12.6. The van der Waals surface area contributed by atoms with Crippen LogP contribution < -0.4 is 5.73 Å². The number of ether oxygens (including phenoxy) is 2. The van der Waals surface area contributed by atoms with Crippen LogP contribution >= 0.6 is 7.82 Å². The van der Waals surface area contributed by atoms with Gasteiger partial charge in [0.1, 0.15) is 6.61 Å². The van der Waals surface area contributed by atoms with E-state index in [1.807, 2.05) is 0 Å². The molecular weight excluding hydrogens is 737 g/mol. The summed E-state index contributed by atoms with van der Waals surface area (Å²) in [7, 11) is -4.39. The third-order valence-corrected chi connectivity index (χ3v) is 9.45. The van der Waals surface area contributed by atoms with E-state index in [4.69, 9.17) is 24.3 Å². The SMILES string of the molecule is CC/C=C\C/C=C\C/C=C\C/C=C\CCCCCCCCC(=O)OC(COC(=O)CCCCCC/C=C\C/C=C\C/C=C\C/C=C\CC)COP(=O)(O)OCCN. The molecule has 0 aliphatic rings. The lowest BCUT2D eigenvalue weighted by Crippen LogP contribution is -2.29. The minimum absolute atomic E-state index is 0.0413. The molecule has 0 aromatic heterocycles. The fourth-order valence-corrected chi connectivity index (χ4v) is 6.09. The summed E-state index contributed by atoms with van der Waals surface area (Å²) >= 11 is 0. The molecule has 10 heteroatoms. The normalized spacial score (nSPS) is 14.2. The highest BCUT2D eigenvalue weighted by Gasteiger charge is 2.26. The van der Waals surface area contributed by atoms with Gasteiger partial charge in [-0.05, 0) is 89.9 Å². The monoisotopic (exact) mass is 816 g/mol. The highest BCUT2D eigenvalue weighted by atomic mass is 31.2. The molecule has 0 heterocycles. The van der Waals surface area contributed by atoms with Gasteiger partial charge in [-0.1, -0.05) is 150 Å². The first-order chi connectivity index (χ1) is 27.8. The Morgan fingerprint density at radius 1 is 0.526 bits per heavy atom. The van der Waals surface area contributed by atoms with Crippen molar-refractivity contribution in [3.05, 3.63) is 97.2 Å². The van der Waals surface area contributed by atoms with Crippen LogP contribution in [0.25, 0.3) is 0 Å². The third-order valence-electron chi connectivity index (χ3n) is 8.47. The second kappa shape index (κ2) is 42.5. The van der Waals surface area contributed by atoms with Gasteiger partial charge in [0.2, 0.25) is 0 Å². The summed E-state index contributed by atoms with van der Waals surface area (Å²) in [5.74, 6) is -0.883. The van der Waals surface area contributed by atoms with Gasteiger partial charge in [0.25, 0.3) is 0 Å². The molecule has 0 saturated heterocycles. The van der Waals surface area contributed by atoms with Crippen molar-refractivity contribution in [2.75, 3.05) is 26.4 Å². The summed E-state index contributed by atoms with van der Waals surface area (Å²) in [6.07, 6.45) is 54.3. The van der Waals surface area contributed by atoms with Crippen LogP contribution in [0.15, 0.2) is 97.2 Å². The number of phosphoric acid groups is 1. The van der Waals surface area contributed by atoms with E-state index in [9.17, 15) is 19.0 Å². The van der Waals surface area contributed by atoms with Crippen LogP contribution in [-0.4, -0.2) is 49.3 Å². The standard InChI is InChI=1S/C47H78NO8P/c1-3-5-7-9-11-13-15-17-19-21-22-24-26-28-30-32-34-36-38-40-47(50)56-45(44-55-57(51,52)54-42-41-48)43-53-46(49)39-37-35-33-31-29-27-25-23-20-18-16-14-12-10-8-6-4-2/h5-8,11-14,17-20,22,24-25,27,45H,3-4,9-10,15-16,21,23,26,28-44,48H2,1-2H3,(H,51,52)/b7-5-,8-6-,13-11-,14-12-,19-17-,20-18-,24-22-,27-25-. The van der Waals surface area contributed by atoms with Gasteiger partial charge >= 0.3 is 19.8 Å². The van der Waals surface area contributed by atoms with Crippen LogP contribution in [0.2, 0.25) is 0 Å². The van der Waals surface area contributed by atoms with E-state index in [1.54, 1.807) is 0 Å². The zero-order valence-electron chi connectivity index (χ0n) is 35.5. The molecular formula is C47H78NO8P. The molecule has 324 valence electrons. The van der Waals surface area contributed by atoms with Gasteiger partial charge in [-0.25, -0.2) is 4.57 Å². The Kier molecular flexibility index (Phi) is 40.2. The second-order valence-electron chi connectivity index (χ2n) is 13.8. The van der Waals surface area contributed by atoms with Gasteiger partial charge in [0.15, 0.2) is 6.10 Å².